The molecule has 0 aliphatic carbocycles. The van der Waals surface area contributed by atoms with Crippen LogP contribution in [0.5, 0.6) is 11.6 Å². The molecular formula is C22H19N3O5. The summed E-state index contributed by atoms with van der Waals surface area (Å²) in [6, 6.07) is 15.1. The van der Waals surface area contributed by atoms with Gasteiger partial charge < -0.3 is 9.47 Å². The van der Waals surface area contributed by atoms with Crippen LogP contribution in [0.2, 0.25) is 0 Å². The molecule has 4 rings (SSSR count). The summed E-state index contributed by atoms with van der Waals surface area (Å²) in [7, 11) is 1.57. The first-order valence-electron chi connectivity index (χ1n) is 9.46. The Morgan fingerprint density at radius 3 is 2.57 bits per heavy atom. The van der Waals surface area contributed by atoms with Crippen molar-refractivity contribution < 1.29 is 19.2 Å². The SMILES string of the molecule is CCCn1nc(OC(=O)c2ccc(OC)c3ccccc23)c2cc([N+](=O)[O-])ccc21. The Morgan fingerprint density at radius 2 is 1.87 bits per heavy atom. The number of aromatic nitrogens is 2. The minimum Gasteiger partial charge on any atom is -0.496 e. The first kappa shape index (κ1) is 19.4. The minimum atomic E-state index is -0.594. The second-order valence-corrected chi connectivity index (χ2v) is 6.74. The highest BCUT2D eigenvalue weighted by Gasteiger charge is 2.21. The van der Waals surface area contributed by atoms with Crippen LogP contribution in [0.4, 0.5) is 5.69 Å². The van der Waals surface area contributed by atoms with Crippen molar-refractivity contribution in [1.82, 2.24) is 9.78 Å². The van der Waals surface area contributed by atoms with Crippen LogP contribution in [0.1, 0.15) is 23.7 Å². The molecule has 0 amide bonds. The van der Waals surface area contributed by atoms with Crippen LogP contribution in [-0.4, -0.2) is 27.8 Å². The molecule has 8 heteroatoms. The van der Waals surface area contributed by atoms with Crippen molar-refractivity contribution in [2.24, 2.45) is 0 Å². The predicted molar refractivity (Wildman–Crippen MR) is 112 cm³/mol. The summed E-state index contributed by atoms with van der Waals surface area (Å²) < 4.78 is 12.7. The molecule has 0 saturated heterocycles. The average Bonchev–Trinajstić information content (AvgIpc) is 3.09. The summed E-state index contributed by atoms with van der Waals surface area (Å²) in [5.74, 6) is 0.103. The predicted octanol–water partition coefficient (Wildman–Crippen LogP) is 4.74. The van der Waals surface area contributed by atoms with Gasteiger partial charge in [-0.05, 0) is 30.0 Å². The lowest BCUT2D eigenvalue weighted by atomic mass is 10.0. The minimum absolute atomic E-state index is 0.0482. The molecule has 0 spiro atoms. The standard InChI is InChI=1S/C22H19N3O5/c1-3-12-24-19-10-8-14(25(27)28)13-18(19)21(23-24)30-22(26)17-9-11-20(29-2)16-7-5-4-6-15(16)17/h4-11,13H,3,12H2,1-2H3. The lowest BCUT2D eigenvalue weighted by Crippen LogP contribution is -2.10. The number of non-ortho nitro benzene ring substituents is 1. The van der Waals surface area contributed by atoms with Crippen LogP contribution >= 0.6 is 0 Å². The highest BCUT2D eigenvalue weighted by Crippen LogP contribution is 2.32. The van der Waals surface area contributed by atoms with E-state index in [2.05, 4.69) is 5.10 Å². The smallest absolute Gasteiger partial charge is 0.345 e. The van der Waals surface area contributed by atoms with Crippen molar-refractivity contribution in [1.29, 1.82) is 0 Å². The highest BCUT2D eigenvalue weighted by atomic mass is 16.6. The van der Waals surface area contributed by atoms with Gasteiger partial charge in [0.15, 0.2) is 0 Å². The number of hydrogen-bond donors (Lipinski definition) is 0. The normalized spacial score (nSPS) is 11.0. The molecular weight excluding hydrogens is 386 g/mol. The number of aryl methyl sites for hydroxylation is 1. The Morgan fingerprint density at radius 1 is 1.10 bits per heavy atom. The zero-order valence-corrected chi connectivity index (χ0v) is 16.5. The maximum Gasteiger partial charge on any atom is 0.345 e. The zero-order chi connectivity index (χ0) is 21.3. The number of methoxy groups -OCH3 is 1. The fraction of sp³-hybridized carbons (Fsp3) is 0.182. The maximum absolute atomic E-state index is 13.0. The van der Waals surface area contributed by atoms with Crippen LogP contribution < -0.4 is 9.47 Å². The van der Waals surface area contributed by atoms with Crippen LogP contribution in [0.15, 0.2) is 54.6 Å². The van der Waals surface area contributed by atoms with Gasteiger partial charge in [0.25, 0.3) is 5.69 Å². The van der Waals surface area contributed by atoms with Gasteiger partial charge in [0.05, 0.1) is 28.5 Å². The van der Waals surface area contributed by atoms with Gasteiger partial charge in [0.1, 0.15) is 5.75 Å². The van der Waals surface area contributed by atoms with E-state index in [0.717, 1.165) is 11.8 Å². The number of rotatable bonds is 6. The van der Waals surface area contributed by atoms with E-state index in [-0.39, 0.29) is 11.6 Å². The number of benzene rings is 3. The van der Waals surface area contributed by atoms with Crippen LogP contribution in [0.3, 0.4) is 0 Å². The molecule has 0 saturated carbocycles. The van der Waals surface area contributed by atoms with E-state index in [1.807, 2.05) is 31.2 Å². The number of hydrogen-bond acceptors (Lipinski definition) is 6. The Kier molecular flexibility index (Phi) is 5.05. The number of nitrogens with zero attached hydrogens (tertiary/aromatic N) is 3. The molecule has 0 bridgehead atoms. The number of nitro benzene ring substituents is 1. The Hall–Kier alpha value is -3.94. The van der Waals surface area contributed by atoms with Crippen molar-refractivity contribution in [2.45, 2.75) is 19.9 Å². The molecule has 0 unspecified atom stereocenters. The molecule has 8 nitrogen and oxygen atoms in total. The molecule has 1 heterocycles. The summed E-state index contributed by atoms with van der Waals surface area (Å²) in [5.41, 5.74) is 0.936. The lowest BCUT2D eigenvalue weighted by Gasteiger charge is -2.09. The van der Waals surface area contributed by atoms with Crippen LogP contribution in [0.25, 0.3) is 21.7 Å². The lowest BCUT2D eigenvalue weighted by molar-refractivity contribution is -0.384. The second-order valence-electron chi connectivity index (χ2n) is 6.74. The van der Waals surface area contributed by atoms with Gasteiger partial charge in [-0.3, -0.25) is 14.8 Å². The molecule has 0 N–H and O–H groups in total. The van der Waals surface area contributed by atoms with Crippen molar-refractivity contribution in [2.75, 3.05) is 7.11 Å². The third-order valence-corrected chi connectivity index (χ3v) is 4.86. The fourth-order valence-electron chi connectivity index (χ4n) is 3.48. The van der Waals surface area contributed by atoms with Gasteiger partial charge in [-0.1, -0.05) is 31.2 Å². The number of ether oxygens (including phenoxy) is 2. The van der Waals surface area contributed by atoms with Crippen molar-refractivity contribution >= 4 is 33.3 Å². The van der Waals surface area contributed by atoms with Crippen molar-refractivity contribution in [3.05, 3.63) is 70.3 Å². The van der Waals surface area contributed by atoms with Crippen LogP contribution in [0, 0.1) is 10.1 Å². The fourth-order valence-corrected chi connectivity index (χ4v) is 3.48. The van der Waals surface area contributed by atoms with Gasteiger partial charge in [0.2, 0.25) is 5.88 Å². The third-order valence-electron chi connectivity index (χ3n) is 4.86. The highest BCUT2D eigenvalue weighted by molar-refractivity contribution is 6.07. The second kappa shape index (κ2) is 7.82. The number of carbonyl (C=O) groups is 1. The maximum atomic E-state index is 13.0. The van der Waals surface area contributed by atoms with E-state index in [4.69, 9.17) is 9.47 Å². The largest absolute Gasteiger partial charge is 0.496 e. The summed E-state index contributed by atoms with van der Waals surface area (Å²) in [6.07, 6.45) is 0.810. The van der Waals surface area contributed by atoms with Gasteiger partial charge in [-0.15, -0.1) is 5.10 Å². The molecule has 3 aromatic carbocycles. The first-order valence-corrected chi connectivity index (χ1v) is 9.46. The molecule has 1 aromatic heterocycles. The molecule has 30 heavy (non-hydrogen) atoms. The van der Waals surface area contributed by atoms with Crippen molar-refractivity contribution in [3.8, 4) is 11.6 Å². The molecule has 0 atom stereocenters. The number of carbonyl (C=O) groups excluding carboxylic acids is 1. The summed E-state index contributed by atoms with van der Waals surface area (Å²) in [4.78, 5) is 23.7. The zero-order valence-electron chi connectivity index (χ0n) is 16.5. The van der Waals surface area contributed by atoms with E-state index in [1.54, 1.807) is 30.0 Å². The van der Waals surface area contributed by atoms with E-state index < -0.39 is 10.9 Å². The molecule has 4 aromatic rings. The average molecular weight is 405 g/mol. The number of nitro groups is 1. The molecule has 0 radical (unpaired) electrons. The monoisotopic (exact) mass is 405 g/mol. The Bertz CT molecular complexity index is 1280. The van der Waals surface area contributed by atoms with Gasteiger partial charge >= 0.3 is 5.97 Å². The Labute approximate surface area is 171 Å². The van der Waals surface area contributed by atoms with Gasteiger partial charge in [-0.25, -0.2) is 4.79 Å². The summed E-state index contributed by atoms with van der Waals surface area (Å²) in [6.45, 7) is 2.59. The summed E-state index contributed by atoms with van der Waals surface area (Å²) >= 11 is 0. The quantitative estimate of drug-likeness (QED) is 0.261. The molecule has 0 aliphatic heterocycles. The number of fused-ring (bicyclic) bond motifs is 2. The topological polar surface area (TPSA) is 96.5 Å². The third kappa shape index (κ3) is 3.32. The van der Waals surface area contributed by atoms with E-state index in [0.29, 0.717) is 34.1 Å². The number of esters is 1. The molecule has 152 valence electrons. The summed E-state index contributed by atoms with van der Waals surface area (Å²) in [5, 5.41) is 17.5. The van der Waals surface area contributed by atoms with E-state index in [1.165, 1.54) is 12.1 Å². The molecule has 0 aliphatic rings. The van der Waals surface area contributed by atoms with Crippen molar-refractivity contribution in [3.63, 3.8) is 0 Å². The van der Waals surface area contributed by atoms with Gasteiger partial charge in [-0.2, -0.15) is 0 Å². The van der Waals surface area contributed by atoms with E-state index in [9.17, 15) is 14.9 Å². The molecule has 0 fully saturated rings. The van der Waals surface area contributed by atoms with Gasteiger partial charge in [0, 0.05) is 24.1 Å². The van der Waals surface area contributed by atoms with E-state index >= 15 is 0 Å². The first-order chi connectivity index (χ1) is 14.5. The van der Waals surface area contributed by atoms with Crippen LogP contribution in [-0.2, 0) is 6.54 Å². The Balaban J connectivity index is 1.79.